The zero-order valence-electron chi connectivity index (χ0n) is 11.3. The van der Waals surface area contributed by atoms with Crippen molar-refractivity contribution in [3.8, 4) is 0 Å². The largest absolute Gasteiger partial charge is 0.475 e. The van der Waals surface area contributed by atoms with Crippen LogP contribution in [0.3, 0.4) is 0 Å². The lowest BCUT2D eigenvalue weighted by Gasteiger charge is -2.24. The Morgan fingerprint density at radius 1 is 1.33 bits per heavy atom. The molecule has 0 radical (unpaired) electrons. The van der Waals surface area contributed by atoms with Gasteiger partial charge in [-0.2, -0.15) is 0 Å². The average Bonchev–Trinajstić information content (AvgIpc) is 2.95. The molecule has 1 heterocycles. The fraction of sp³-hybridized carbons (Fsp3) is 0.385. The molecule has 8 heteroatoms. The van der Waals surface area contributed by atoms with Gasteiger partial charge in [-0.3, -0.25) is 9.59 Å². The molecule has 1 aliphatic heterocycles. The van der Waals surface area contributed by atoms with Crippen LogP contribution >= 0.6 is 22.6 Å². The maximum absolute atomic E-state index is 12.0. The van der Waals surface area contributed by atoms with Crippen LogP contribution in [0.5, 0.6) is 0 Å². The summed E-state index contributed by atoms with van der Waals surface area (Å²) in [6.07, 6.45) is 1.30. The number of nitrogens with zero attached hydrogens (tertiary/aromatic N) is 1. The van der Waals surface area contributed by atoms with Gasteiger partial charge in [-0.05, 0) is 59.7 Å². The summed E-state index contributed by atoms with van der Waals surface area (Å²) in [6.45, 7) is 0.342. The molecule has 6 nitrogen and oxygen atoms in total. The quantitative estimate of drug-likeness (QED) is 0.486. The first kappa shape index (κ1) is 16.2. The van der Waals surface area contributed by atoms with Crippen LogP contribution in [0.25, 0.3) is 0 Å². The van der Waals surface area contributed by atoms with Crippen molar-refractivity contribution in [2.75, 3.05) is 13.1 Å². The second kappa shape index (κ2) is 7.23. The summed E-state index contributed by atoms with van der Waals surface area (Å²) in [5.74, 6) is -1.20. The first-order chi connectivity index (χ1) is 9.99. The first-order valence-corrected chi connectivity index (χ1v) is 7.76. The maximum atomic E-state index is 12.0. The average molecular weight is 406 g/mol. The zero-order chi connectivity index (χ0) is 15.4. The summed E-state index contributed by atoms with van der Waals surface area (Å²) in [5, 5.41) is 21.0. The summed E-state index contributed by atoms with van der Waals surface area (Å²) in [6, 6.07) is 7.02. The SMILES string of the molecule is O=C(NCC(=O)N1CCCC1B(O)O)c1ccc([131I])cc1. The molecule has 2 rings (SSSR count). The lowest BCUT2D eigenvalue weighted by molar-refractivity contribution is -0.130. The molecule has 1 fully saturated rings. The van der Waals surface area contributed by atoms with E-state index in [0.29, 0.717) is 18.5 Å². The van der Waals surface area contributed by atoms with E-state index in [1.165, 1.54) is 4.90 Å². The Morgan fingerprint density at radius 2 is 2.00 bits per heavy atom. The predicted molar refractivity (Wildman–Crippen MR) is 86.4 cm³/mol. The van der Waals surface area contributed by atoms with Crippen molar-refractivity contribution in [1.29, 1.82) is 0 Å². The molecule has 0 spiro atoms. The number of carbonyl (C=O) groups excluding carboxylic acids is 2. The summed E-state index contributed by atoms with van der Waals surface area (Å²) >= 11 is 2.15. The number of benzene rings is 1. The molecule has 1 unspecified atom stereocenters. The molecule has 0 saturated carbocycles. The highest BCUT2D eigenvalue weighted by Gasteiger charge is 2.36. The number of nitrogens with one attached hydrogen (secondary N) is 1. The van der Waals surface area contributed by atoms with Crippen LogP contribution in [-0.4, -0.2) is 52.9 Å². The van der Waals surface area contributed by atoms with E-state index < -0.39 is 13.1 Å². The predicted octanol–water partition coefficient (Wildman–Crippen LogP) is 0.0240. The Bertz CT molecular complexity index is 523. The molecule has 1 aliphatic rings. The van der Waals surface area contributed by atoms with Crippen LogP contribution in [-0.2, 0) is 4.79 Å². The van der Waals surface area contributed by atoms with Crippen LogP contribution in [0, 0.1) is 3.57 Å². The van der Waals surface area contributed by atoms with E-state index >= 15 is 0 Å². The maximum Gasteiger partial charge on any atom is 0.475 e. The van der Waals surface area contributed by atoms with Gasteiger partial charge in [0.1, 0.15) is 0 Å². The van der Waals surface area contributed by atoms with Crippen molar-refractivity contribution >= 4 is 41.5 Å². The number of amides is 2. The lowest BCUT2D eigenvalue weighted by Crippen LogP contribution is -2.48. The van der Waals surface area contributed by atoms with Gasteiger partial charge in [0.25, 0.3) is 5.91 Å². The van der Waals surface area contributed by atoms with Crippen molar-refractivity contribution in [2.24, 2.45) is 0 Å². The molecule has 0 bridgehead atoms. The highest BCUT2D eigenvalue weighted by atomic mass is 131. The van der Waals surface area contributed by atoms with E-state index in [4.69, 9.17) is 0 Å². The van der Waals surface area contributed by atoms with Gasteiger partial charge in [0.2, 0.25) is 5.91 Å². The van der Waals surface area contributed by atoms with Gasteiger partial charge in [-0.1, -0.05) is 0 Å². The van der Waals surface area contributed by atoms with E-state index in [2.05, 4.69) is 27.9 Å². The van der Waals surface area contributed by atoms with E-state index in [1.807, 2.05) is 12.1 Å². The molecule has 112 valence electrons. The van der Waals surface area contributed by atoms with Crippen molar-refractivity contribution in [3.05, 3.63) is 33.4 Å². The fourth-order valence-corrected chi connectivity index (χ4v) is 2.73. The van der Waals surface area contributed by atoms with E-state index in [0.717, 1.165) is 9.99 Å². The van der Waals surface area contributed by atoms with Gasteiger partial charge in [0.05, 0.1) is 12.5 Å². The summed E-state index contributed by atoms with van der Waals surface area (Å²) < 4.78 is 1.03. The summed E-state index contributed by atoms with van der Waals surface area (Å²) in [7, 11) is -1.54. The van der Waals surface area contributed by atoms with Gasteiger partial charge in [0.15, 0.2) is 0 Å². The third-order valence-corrected chi connectivity index (χ3v) is 4.19. The highest BCUT2D eigenvalue weighted by Crippen LogP contribution is 2.17. The monoisotopic (exact) mass is 406 g/mol. The molecule has 0 aliphatic carbocycles. The molecule has 2 amide bonds. The van der Waals surface area contributed by atoms with Gasteiger partial charge >= 0.3 is 7.12 Å². The molecule has 1 saturated heterocycles. The Morgan fingerprint density at radius 3 is 2.62 bits per heavy atom. The van der Waals surface area contributed by atoms with Crippen LogP contribution in [0.2, 0.25) is 0 Å². The fourth-order valence-electron chi connectivity index (χ4n) is 2.37. The summed E-state index contributed by atoms with van der Waals surface area (Å²) in [4.78, 5) is 25.4. The minimum Gasteiger partial charge on any atom is -0.426 e. The minimum absolute atomic E-state index is 0.145. The molecule has 3 N–H and O–H groups in total. The summed E-state index contributed by atoms with van der Waals surface area (Å²) in [5.41, 5.74) is 0.489. The van der Waals surface area contributed by atoms with Crippen LogP contribution in [0.1, 0.15) is 23.2 Å². The smallest absolute Gasteiger partial charge is 0.426 e. The molecular formula is C13H16BIN2O4. The second-order valence-electron chi connectivity index (χ2n) is 4.90. The Hall–Kier alpha value is -1.13. The van der Waals surface area contributed by atoms with Crippen molar-refractivity contribution in [1.82, 2.24) is 10.2 Å². The topological polar surface area (TPSA) is 89.9 Å². The number of likely N-dealkylation sites (tertiary alicyclic amines) is 1. The van der Waals surface area contributed by atoms with Gasteiger partial charge < -0.3 is 20.3 Å². The first-order valence-electron chi connectivity index (χ1n) is 6.68. The zero-order valence-corrected chi connectivity index (χ0v) is 13.5. The second-order valence-corrected chi connectivity index (χ2v) is 6.15. The molecule has 1 aromatic carbocycles. The van der Waals surface area contributed by atoms with E-state index in [-0.39, 0.29) is 18.4 Å². The Labute approximate surface area is 136 Å². The number of rotatable bonds is 4. The van der Waals surface area contributed by atoms with Gasteiger partial charge in [0, 0.05) is 15.7 Å². The highest BCUT2D eigenvalue weighted by molar-refractivity contribution is 14.1. The van der Waals surface area contributed by atoms with E-state index in [9.17, 15) is 19.6 Å². The van der Waals surface area contributed by atoms with Crippen LogP contribution < -0.4 is 5.32 Å². The molecular weight excluding hydrogens is 390 g/mol. The van der Waals surface area contributed by atoms with Crippen molar-refractivity contribution in [2.45, 2.75) is 18.8 Å². The van der Waals surface area contributed by atoms with Crippen LogP contribution in [0.15, 0.2) is 24.3 Å². The number of hydrogen-bond acceptors (Lipinski definition) is 4. The molecule has 0 aromatic heterocycles. The van der Waals surface area contributed by atoms with Crippen molar-refractivity contribution < 1.29 is 19.6 Å². The lowest BCUT2D eigenvalue weighted by atomic mass is 9.78. The molecule has 1 aromatic rings. The third kappa shape index (κ3) is 4.18. The molecule has 1 atom stereocenters. The van der Waals surface area contributed by atoms with Crippen molar-refractivity contribution in [3.63, 3.8) is 0 Å². The number of carbonyl (C=O) groups is 2. The van der Waals surface area contributed by atoms with E-state index in [1.54, 1.807) is 12.1 Å². The molecule has 21 heavy (non-hydrogen) atoms. The minimum atomic E-state index is -1.54. The Balaban J connectivity index is 1.89. The van der Waals surface area contributed by atoms with Crippen LogP contribution in [0.4, 0.5) is 0 Å². The number of hydrogen-bond donors (Lipinski definition) is 3. The van der Waals surface area contributed by atoms with Gasteiger partial charge in [-0.25, -0.2) is 0 Å². The third-order valence-electron chi connectivity index (χ3n) is 3.47. The number of halogens is 1. The Kier molecular flexibility index (Phi) is 5.60. The normalized spacial score (nSPS) is 17.7. The standard InChI is InChI=1S/C13H16BIN2O4/c15-10-5-3-9(4-6-10)13(19)16-8-12(18)17-7-1-2-11(17)14(20)21/h3-6,11,20-21H,1-2,7-8H2,(H,16,19)/i15+4. The van der Waals surface area contributed by atoms with Gasteiger partial charge in [-0.15, -0.1) is 0 Å².